The van der Waals surface area contributed by atoms with Crippen molar-refractivity contribution in [2.24, 2.45) is 0 Å². The van der Waals surface area contributed by atoms with Crippen LogP contribution in [-0.4, -0.2) is 12.1 Å². The molecule has 2 rings (SSSR count). The third-order valence-corrected chi connectivity index (χ3v) is 2.33. The van der Waals surface area contributed by atoms with Crippen LogP contribution in [0.5, 0.6) is 0 Å². The predicted molar refractivity (Wildman–Crippen MR) is 34.6 cm³/mol. The highest BCUT2D eigenvalue weighted by Crippen LogP contribution is 2.34. The summed E-state index contributed by atoms with van der Waals surface area (Å²) >= 11 is 0. The minimum Gasteiger partial charge on any atom is -0.301 e. The smallest absolute Gasteiger partial charge is 0.0700 e. The van der Waals surface area contributed by atoms with Crippen LogP contribution >= 0.6 is 0 Å². The molecule has 1 saturated carbocycles. The molecule has 1 spiro atoms. The normalized spacial score (nSPS) is 32.0. The summed E-state index contributed by atoms with van der Waals surface area (Å²) in [5.74, 6) is 0. The van der Waals surface area contributed by atoms with Crippen LogP contribution in [0.25, 0.3) is 0 Å². The van der Waals surface area contributed by atoms with Crippen LogP contribution in [0, 0.1) is 6.42 Å². The monoisotopic (exact) mass is 126 g/mol. The Kier molecular flexibility index (Phi) is 1.24. The van der Waals surface area contributed by atoms with E-state index in [0.29, 0.717) is 5.54 Å². The molecule has 1 aliphatic heterocycles. The Morgan fingerprint density at radius 2 is 2.44 bits per heavy atom. The highest BCUT2D eigenvalue weighted by atomic mass is 16.7. The van der Waals surface area contributed by atoms with Crippen LogP contribution in [-0.2, 0) is 4.84 Å². The summed E-state index contributed by atoms with van der Waals surface area (Å²) in [4.78, 5) is 5.11. The van der Waals surface area contributed by atoms with Crippen LogP contribution in [0.15, 0.2) is 0 Å². The van der Waals surface area contributed by atoms with E-state index in [1.54, 1.807) is 0 Å². The maximum absolute atomic E-state index is 5.11. The molecule has 1 atom stereocenters. The highest BCUT2D eigenvalue weighted by Gasteiger charge is 2.37. The van der Waals surface area contributed by atoms with E-state index in [1.807, 2.05) is 0 Å². The minimum absolute atomic E-state index is 0.361. The van der Waals surface area contributed by atoms with Gasteiger partial charge in [0.05, 0.1) is 6.61 Å². The summed E-state index contributed by atoms with van der Waals surface area (Å²) in [6.07, 6.45) is 7.28. The fourth-order valence-corrected chi connectivity index (χ4v) is 1.68. The van der Waals surface area contributed by atoms with Crippen LogP contribution in [0.1, 0.15) is 25.7 Å². The van der Waals surface area contributed by atoms with Crippen molar-refractivity contribution >= 4 is 0 Å². The number of hydroxylamine groups is 1. The van der Waals surface area contributed by atoms with E-state index < -0.39 is 0 Å². The molecule has 1 unspecified atom stereocenters. The zero-order valence-electron chi connectivity index (χ0n) is 5.52. The van der Waals surface area contributed by atoms with E-state index >= 15 is 0 Å². The minimum atomic E-state index is 0.361. The zero-order chi connectivity index (χ0) is 6.16. The summed E-state index contributed by atoms with van der Waals surface area (Å²) in [5, 5.41) is 0. The van der Waals surface area contributed by atoms with E-state index in [0.717, 1.165) is 6.61 Å². The van der Waals surface area contributed by atoms with Crippen molar-refractivity contribution in [3.63, 3.8) is 0 Å². The van der Waals surface area contributed by atoms with Crippen molar-refractivity contribution in [2.75, 3.05) is 6.61 Å². The maximum Gasteiger partial charge on any atom is 0.0700 e. The SMILES string of the molecule is [CH]1CCC2(C1)CCON2. The van der Waals surface area contributed by atoms with Crippen molar-refractivity contribution in [1.29, 1.82) is 0 Å². The number of hydrogen-bond donors (Lipinski definition) is 1. The molecule has 2 nitrogen and oxygen atoms in total. The van der Waals surface area contributed by atoms with Crippen molar-refractivity contribution in [3.05, 3.63) is 6.42 Å². The first kappa shape index (κ1) is 5.69. The van der Waals surface area contributed by atoms with Crippen LogP contribution in [0.2, 0.25) is 0 Å². The Morgan fingerprint density at radius 3 is 3.00 bits per heavy atom. The number of rotatable bonds is 0. The van der Waals surface area contributed by atoms with Gasteiger partial charge in [0.1, 0.15) is 0 Å². The molecule has 0 amide bonds. The zero-order valence-corrected chi connectivity index (χ0v) is 5.52. The van der Waals surface area contributed by atoms with Crippen LogP contribution in [0.4, 0.5) is 0 Å². The molecule has 1 N–H and O–H groups in total. The second-order valence-corrected chi connectivity index (χ2v) is 3.01. The van der Waals surface area contributed by atoms with E-state index in [2.05, 4.69) is 11.9 Å². The molecule has 0 aromatic carbocycles. The Hall–Kier alpha value is -0.0800. The molecule has 0 aromatic heterocycles. The summed E-state index contributed by atoms with van der Waals surface area (Å²) in [6.45, 7) is 0.897. The molecular weight excluding hydrogens is 114 g/mol. The molecule has 2 heteroatoms. The molecule has 0 bridgehead atoms. The Labute approximate surface area is 55.5 Å². The van der Waals surface area contributed by atoms with Crippen LogP contribution in [0.3, 0.4) is 0 Å². The fraction of sp³-hybridized carbons (Fsp3) is 0.857. The molecule has 2 aliphatic rings. The summed E-state index contributed by atoms with van der Waals surface area (Å²) in [7, 11) is 0. The van der Waals surface area contributed by atoms with Gasteiger partial charge >= 0.3 is 0 Å². The van der Waals surface area contributed by atoms with E-state index in [9.17, 15) is 0 Å². The first-order valence-corrected chi connectivity index (χ1v) is 3.62. The predicted octanol–water partition coefficient (Wildman–Crippen LogP) is 1.04. The molecular formula is C7H12NO. The van der Waals surface area contributed by atoms with Gasteiger partial charge < -0.3 is 4.84 Å². The van der Waals surface area contributed by atoms with Gasteiger partial charge in [0, 0.05) is 5.54 Å². The second-order valence-electron chi connectivity index (χ2n) is 3.01. The lowest BCUT2D eigenvalue weighted by molar-refractivity contribution is 0.0635. The largest absolute Gasteiger partial charge is 0.301 e. The lowest BCUT2D eigenvalue weighted by atomic mass is 9.96. The van der Waals surface area contributed by atoms with Crippen LogP contribution < -0.4 is 5.48 Å². The highest BCUT2D eigenvalue weighted by molar-refractivity contribution is 4.99. The van der Waals surface area contributed by atoms with Gasteiger partial charge in [0.25, 0.3) is 0 Å². The van der Waals surface area contributed by atoms with Crippen molar-refractivity contribution in [2.45, 2.75) is 31.2 Å². The lowest BCUT2D eigenvalue weighted by Crippen LogP contribution is -2.35. The number of nitrogens with one attached hydrogen (secondary N) is 1. The standard InChI is InChI=1S/C7H12NO/c1-2-4-7(3-1)5-6-9-8-7/h1,8H,2-6H2. The average molecular weight is 126 g/mol. The third kappa shape index (κ3) is 0.864. The summed E-state index contributed by atoms with van der Waals surface area (Å²) < 4.78 is 0. The molecule has 1 radical (unpaired) electrons. The molecule has 0 aromatic rings. The van der Waals surface area contributed by atoms with Crippen molar-refractivity contribution in [1.82, 2.24) is 5.48 Å². The van der Waals surface area contributed by atoms with Gasteiger partial charge in [0.2, 0.25) is 0 Å². The van der Waals surface area contributed by atoms with Gasteiger partial charge in [-0.1, -0.05) is 0 Å². The maximum atomic E-state index is 5.11. The number of hydrogen-bond acceptors (Lipinski definition) is 2. The summed E-state index contributed by atoms with van der Waals surface area (Å²) in [6, 6.07) is 0. The Balaban J connectivity index is 2.04. The Morgan fingerprint density at radius 1 is 1.44 bits per heavy atom. The van der Waals surface area contributed by atoms with Gasteiger partial charge in [0.15, 0.2) is 0 Å². The molecule has 1 heterocycles. The fourth-order valence-electron chi connectivity index (χ4n) is 1.68. The van der Waals surface area contributed by atoms with Gasteiger partial charge in [-0.25, -0.2) is 0 Å². The third-order valence-electron chi connectivity index (χ3n) is 2.33. The molecule has 51 valence electrons. The first-order chi connectivity index (χ1) is 4.41. The second kappa shape index (κ2) is 1.96. The summed E-state index contributed by atoms with van der Waals surface area (Å²) in [5.41, 5.74) is 3.46. The first-order valence-electron chi connectivity index (χ1n) is 3.62. The average Bonchev–Trinajstić information content (AvgIpc) is 2.45. The van der Waals surface area contributed by atoms with E-state index in [-0.39, 0.29) is 0 Å². The van der Waals surface area contributed by atoms with Gasteiger partial charge in [-0.15, -0.1) is 0 Å². The topological polar surface area (TPSA) is 21.3 Å². The molecule has 1 saturated heterocycles. The van der Waals surface area contributed by atoms with E-state index in [4.69, 9.17) is 4.84 Å². The quantitative estimate of drug-likeness (QED) is 0.523. The Bertz CT molecular complexity index is 84.0. The lowest BCUT2D eigenvalue weighted by Gasteiger charge is -2.19. The molecule has 2 fully saturated rings. The van der Waals surface area contributed by atoms with Gasteiger partial charge in [-0.3, -0.25) is 0 Å². The van der Waals surface area contributed by atoms with Crippen molar-refractivity contribution < 1.29 is 4.84 Å². The molecule has 9 heavy (non-hydrogen) atoms. The van der Waals surface area contributed by atoms with E-state index in [1.165, 1.54) is 25.7 Å². The molecule has 1 aliphatic carbocycles. The van der Waals surface area contributed by atoms with Gasteiger partial charge in [-0.2, -0.15) is 5.48 Å². The van der Waals surface area contributed by atoms with Gasteiger partial charge in [-0.05, 0) is 32.1 Å². The van der Waals surface area contributed by atoms with Crippen molar-refractivity contribution in [3.8, 4) is 0 Å².